The monoisotopic (exact) mass is 341 g/mol. The molecule has 2 heterocycles. The van der Waals surface area contributed by atoms with Gasteiger partial charge in [0.15, 0.2) is 0 Å². The fourth-order valence-corrected chi connectivity index (χ4v) is 2.66. The Labute approximate surface area is 145 Å². The van der Waals surface area contributed by atoms with Crippen molar-refractivity contribution < 1.29 is 19.1 Å². The van der Waals surface area contributed by atoms with E-state index in [2.05, 4.69) is 10.3 Å². The molecular formula is C18H19N3O4. The molecule has 1 aromatic carbocycles. The highest BCUT2D eigenvalue weighted by molar-refractivity contribution is 5.87. The molecule has 7 nitrogen and oxygen atoms in total. The van der Waals surface area contributed by atoms with Gasteiger partial charge in [-0.15, -0.1) is 0 Å². The van der Waals surface area contributed by atoms with Crippen molar-refractivity contribution in [2.75, 3.05) is 13.7 Å². The zero-order valence-corrected chi connectivity index (χ0v) is 13.8. The third-order valence-electron chi connectivity index (χ3n) is 3.98. The summed E-state index contributed by atoms with van der Waals surface area (Å²) in [5, 5.41) is 2.84. The fourth-order valence-electron chi connectivity index (χ4n) is 2.66. The summed E-state index contributed by atoms with van der Waals surface area (Å²) in [5.41, 5.74) is 1.56. The fraction of sp³-hybridized carbons (Fsp3) is 0.278. The molecule has 0 aliphatic carbocycles. The van der Waals surface area contributed by atoms with Crippen molar-refractivity contribution in [3.05, 3.63) is 59.9 Å². The van der Waals surface area contributed by atoms with Crippen LogP contribution < -0.4 is 10.1 Å². The van der Waals surface area contributed by atoms with E-state index in [4.69, 9.17) is 9.47 Å². The van der Waals surface area contributed by atoms with Crippen LogP contribution in [0.5, 0.6) is 5.75 Å². The minimum absolute atomic E-state index is 0.0312. The zero-order chi connectivity index (χ0) is 17.6. The molecule has 130 valence electrons. The zero-order valence-electron chi connectivity index (χ0n) is 13.8. The lowest BCUT2D eigenvalue weighted by Gasteiger charge is -2.20. The molecule has 3 rings (SSSR count). The molecule has 1 aromatic heterocycles. The second-order valence-electron chi connectivity index (χ2n) is 5.57. The molecule has 1 aliphatic rings. The molecule has 25 heavy (non-hydrogen) atoms. The van der Waals surface area contributed by atoms with Crippen molar-refractivity contribution in [1.29, 1.82) is 0 Å². The van der Waals surface area contributed by atoms with Crippen LogP contribution in [0.3, 0.4) is 0 Å². The molecule has 1 atom stereocenters. The van der Waals surface area contributed by atoms with Crippen molar-refractivity contribution in [3.8, 4) is 5.75 Å². The first-order valence-electron chi connectivity index (χ1n) is 7.92. The SMILES string of the molecule is COc1ccccc1CNC(=O)[C@@H]1COC(=O)N1Cc1ccccn1. The van der Waals surface area contributed by atoms with Gasteiger partial charge < -0.3 is 14.8 Å². The molecule has 1 fully saturated rings. The number of amides is 2. The van der Waals surface area contributed by atoms with Gasteiger partial charge in [0.1, 0.15) is 18.4 Å². The van der Waals surface area contributed by atoms with Crippen molar-refractivity contribution in [1.82, 2.24) is 15.2 Å². The molecule has 0 saturated carbocycles. The Balaban J connectivity index is 1.65. The van der Waals surface area contributed by atoms with E-state index in [1.165, 1.54) is 4.90 Å². The summed E-state index contributed by atoms with van der Waals surface area (Å²) in [7, 11) is 1.58. The number of carbonyl (C=O) groups excluding carboxylic acids is 2. The summed E-state index contributed by atoms with van der Waals surface area (Å²) in [4.78, 5) is 30.0. The van der Waals surface area contributed by atoms with Crippen LogP contribution in [-0.4, -0.2) is 41.6 Å². The number of benzene rings is 1. The van der Waals surface area contributed by atoms with Crippen LogP contribution in [-0.2, 0) is 22.6 Å². The van der Waals surface area contributed by atoms with Gasteiger partial charge in [0, 0.05) is 18.3 Å². The third-order valence-corrected chi connectivity index (χ3v) is 3.98. The van der Waals surface area contributed by atoms with Gasteiger partial charge in [-0.25, -0.2) is 4.79 Å². The average Bonchev–Trinajstić information content (AvgIpc) is 3.01. The Bertz CT molecular complexity index is 751. The first kappa shape index (κ1) is 16.8. The van der Waals surface area contributed by atoms with Crippen LogP contribution >= 0.6 is 0 Å². The summed E-state index contributed by atoms with van der Waals surface area (Å²) < 4.78 is 10.3. The number of nitrogens with zero attached hydrogens (tertiary/aromatic N) is 2. The number of ether oxygens (including phenoxy) is 2. The van der Waals surface area contributed by atoms with E-state index in [-0.39, 0.29) is 19.1 Å². The van der Waals surface area contributed by atoms with Crippen LogP contribution in [0, 0.1) is 0 Å². The summed E-state index contributed by atoms with van der Waals surface area (Å²) in [6.45, 7) is 0.570. The van der Waals surface area contributed by atoms with Gasteiger partial charge in [-0.05, 0) is 18.2 Å². The topological polar surface area (TPSA) is 80.8 Å². The summed E-state index contributed by atoms with van der Waals surface area (Å²) in [6, 6.07) is 12.2. The number of hydrogen-bond donors (Lipinski definition) is 1. The molecule has 0 radical (unpaired) electrons. The first-order valence-corrected chi connectivity index (χ1v) is 7.92. The Morgan fingerprint density at radius 3 is 2.88 bits per heavy atom. The van der Waals surface area contributed by atoms with Crippen LogP contribution in [0.2, 0.25) is 0 Å². The van der Waals surface area contributed by atoms with Crippen LogP contribution in [0.4, 0.5) is 4.79 Å². The number of rotatable bonds is 6. The molecule has 1 saturated heterocycles. The van der Waals surface area contributed by atoms with E-state index in [0.717, 1.165) is 5.56 Å². The molecule has 1 N–H and O–H groups in total. The Morgan fingerprint density at radius 2 is 2.12 bits per heavy atom. The molecule has 0 unspecified atom stereocenters. The van der Waals surface area contributed by atoms with Crippen LogP contribution in [0.15, 0.2) is 48.7 Å². The van der Waals surface area contributed by atoms with Crippen molar-refractivity contribution in [3.63, 3.8) is 0 Å². The van der Waals surface area contributed by atoms with Crippen molar-refractivity contribution >= 4 is 12.0 Å². The standard InChI is InChI=1S/C18H19N3O4/c1-24-16-8-3-2-6-13(16)10-20-17(22)15-12-25-18(23)21(15)11-14-7-4-5-9-19-14/h2-9,15H,10-12H2,1H3,(H,20,22)/t15-/m0/s1. The van der Waals surface area contributed by atoms with E-state index in [9.17, 15) is 9.59 Å². The number of aromatic nitrogens is 1. The minimum atomic E-state index is -0.677. The molecule has 2 amide bonds. The molecule has 2 aromatic rings. The van der Waals surface area contributed by atoms with Crippen LogP contribution in [0.25, 0.3) is 0 Å². The van der Waals surface area contributed by atoms with Crippen molar-refractivity contribution in [2.24, 2.45) is 0 Å². The van der Waals surface area contributed by atoms with E-state index in [0.29, 0.717) is 18.0 Å². The van der Waals surface area contributed by atoms with Gasteiger partial charge in [0.05, 0.1) is 19.3 Å². The first-order chi connectivity index (χ1) is 12.2. The van der Waals surface area contributed by atoms with Gasteiger partial charge in [0.2, 0.25) is 5.91 Å². The number of hydrogen-bond acceptors (Lipinski definition) is 5. The lowest BCUT2D eigenvalue weighted by Crippen LogP contribution is -2.45. The van der Waals surface area contributed by atoms with Gasteiger partial charge in [0.25, 0.3) is 0 Å². The number of carbonyl (C=O) groups is 2. The maximum absolute atomic E-state index is 12.5. The summed E-state index contributed by atoms with van der Waals surface area (Å²) in [6.07, 6.45) is 1.14. The van der Waals surface area contributed by atoms with Crippen LogP contribution in [0.1, 0.15) is 11.3 Å². The molecule has 1 aliphatic heterocycles. The number of cyclic esters (lactones) is 1. The Kier molecular flexibility index (Phi) is 5.13. The van der Waals surface area contributed by atoms with Gasteiger partial charge in [-0.2, -0.15) is 0 Å². The van der Waals surface area contributed by atoms with Gasteiger partial charge in [-0.1, -0.05) is 24.3 Å². The predicted octanol–water partition coefficient (Wildman–Crippen LogP) is 1.73. The summed E-state index contributed by atoms with van der Waals surface area (Å²) in [5.74, 6) is 0.430. The van der Waals surface area contributed by atoms with E-state index >= 15 is 0 Å². The van der Waals surface area contributed by atoms with E-state index in [1.807, 2.05) is 30.3 Å². The van der Waals surface area contributed by atoms with Gasteiger partial charge in [-0.3, -0.25) is 14.7 Å². The quantitative estimate of drug-likeness (QED) is 0.865. The van der Waals surface area contributed by atoms with Crippen molar-refractivity contribution in [2.45, 2.75) is 19.1 Å². The molecule has 7 heteroatoms. The van der Waals surface area contributed by atoms with E-state index in [1.54, 1.807) is 25.4 Å². The number of para-hydroxylation sites is 1. The molecule has 0 spiro atoms. The molecule has 0 bridgehead atoms. The highest BCUT2D eigenvalue weighted by Gasteiger charge is 2.38. The highest BCUT2D eigenvalue weighted by atomic mass is 16.6. The second-order valence-corrected chi connectivity index (χ2v) is 5.57. The number of nitrogens with one attached hydrogen (secondary N) is 1. The lowest BCUT2D eigenvalue weighted by atomic mass is 10.2. The normalized spacial score (nSPS) is 16.4. The highest BCUT2D eigenvalue weighted by Crippen LogP contribution is 2.18. The second kappa shape index (κ2) is 7.65. The largest absolute Gasteiger partial charge is 0.496 e. The maximum atomic E-state index is 12.5. The van der Waals surface area contributed by atoms with Gasteiger partial charge >= 0.3 is 6.09 Å². The smallest absolute Gasteiger partial charge is 0.411 e. The average molecular weight is 341 g/mol. The number of pyridine rings is 1. The number of methoxy groups -OCH3 is 1. The maximum Gasteiger partial charge on any atom is 0.411 e. The Hall–Kier alpha value is -3.09. The predicted molar refractivity (Wildman–Crippen MR) is 89.8 cm³/mol. The third kappa shape index (κ3) is 3.88. The lowest BCUT2D eigenvalue weighted by molar-refractivity contribution is -0.125. The van der Waals surface area contributed by atoms with E-state index < -0.39 is 12.1 Å². The molecular weight excluding hydrogens is 322 g/mol. The Morgan fingerprint density at radius 1 is 1.32 bits per heavy atom. The summed E-state index contributed by atoms with van der Waals surface area (Å²) >= 11 is 0. The minimum Gasteiger partial charge on any atom is -0.496 e.